The summed E-state index contributed by atoms with van der Waals surface area (Å²) in [4.78, 5) is 36.3. The number of nitrogens with zero attached hydrogens (tertiary/aromatic N) is 1. The van der Waals surface area contributed by atoms with Gasteiger partial charge in [-0.15, -0.1) is 0 Å². The van der Waals surface area contributed by atoms with E-state index in [-0.39, 0.29) is 0 Å². The number of ketones is 1. The summed E-state index contributed by atoms with van der Waals surface area (Å²) in [6, 6.07) is 7.46. The summed E-state index contributed by atoms with van der Waals surface area (Å²) in [5.41, 5.74) is -0.245. The third kappa shape index (κ3) is 5.81. The van der Waals surface area contributed by atoms with Crippen molar-refractivity contribution < 1.29 is 19.2 Å². The molecule has 0 spiro atoms. The number of rotatable bonds is 7. The van der Waals surface area contributed by atoms with Gasteiger partial charge >= 0.3 is 5.97 Å². The first kappa shape index (κ1) is 20.5. The summed E-state index contributed by atoms with van der Waals surface area (Å²) < 4.78 is 5.38. The fraction of sp³-hybridized carbons (Fsp3) is 0.474. The van der Waals surface area contributed by atoms with Gasteiger partial charge in [0, 0.05) is 11.8 Å². The van der Waals surface area contributed by atoms with Crippen molar-refractivity contribution in [2.24, 2.45) is 5.92 Å². The van der Waals surface area contributed by atoms with Crippen LogP contribution in [0.25, 0.3) is 0 Å². The number of carbonyl (C=O) groups is 2. The molecule has 1 rings (SSSR count). The SMILES string of the molecule is C/C=C/C(=O)[C@@H](C(=O)OC(C)(C)C)[C@@H](c1ccccc1)[C@@H](C)[N+](=O)[O-]. The first-order valence-corrected chi connectivity index (χ1v) is 8.16. The second kappa shape index (κ2) is 8.55. The van der Waals surface area contributed by atoms with E-state index in [0.29, 0.717) is 5.56 Å². The third-order valence-electron chi connectivity index (χ3n) is 3.69. The van der Waals surface area contributed by atoms with Crippen LogP contribution in [0.4, 0.5) is 0 Å². The van der Waals surface area contributed by atoms with Crippen LogP contribution in [0, 0.1) is 16.0 Å². The van der Waals surface area contributed by atoms with Crippen molar-refractivity contribution in [1.29, 1.82) is 0 Å². The van der Waals surface area contributed by atoms with E-state index in [1.54, 1.807) is 58.0 Å². The molecule has 0 aromatic heterocycles. The van der Waals surface area contributed by atoms with E-state index in [1.165, 1.54) is 19.1 Å². The zero-order valence-corrected chi connectivity index (χ0v) is 15.3. The van der Waals surface area contributed by atoms with Crippen molar-refractivity contribution in [2.45, 2.75) is 52.2 Å². The van der Waals surface area contributed by atoms with Crippen LogP contribution in [0.2, 0.25) is 0 Å². The summed E-state index contributed by atoms with van der Waals surface area (Å²) in [5, 5.41) is 11.4. The summed E-state index contributed by atoms with van der Waals surface area (Å²) in [6.45, 7) is 8.13. The van der Waals surface area contributed by atoms with Crippen molar-refractivity contribution >= 4 is 11.8 Å². The molecule has 0 fully saturated rings. The van der Waals surface area contributed by atoms with Crippen LogP contribution in [-0.2, 0) is 14.3 Å². The molecular weight excluding hydrogens is 322 g/mol. The topological polar surface area (TPSA) is 86.5 Å². The fourth-order valence-corrected chi connectivity index (χ4v) is 2.63. The fourth-order valence-electron chi connectivity index (χ4n) is 2.63. The average Bonchev–Trinajstić information content (AvgIpc) is 2.50. The van der Waals surface area contributed by atoms with Crippen LogP contribution in [0.5, 0.6) is 0 Å². The lowest BCUT2D eigenvalue weighted by atomic mass is 9.78. The van der Waals surface area contributed by atoms with E-state index in [1.807, 2.05) is 0 Å². The number of allylic oxidation sites excluding steroid dienone is 2. The van der Waals surface area contributed by atoms with E-state index in [9.17, 15) is 19.7 Å². The van der Waals surface area contributed by atoms with Crippen LogP contribution in [0.1, 0.15) is 46.1 Å². The van der Waals surface area contributed by atoms with Crippen molar-refractivity contribution in [3.8, 4) is 0 Å². The molecule has 0 N–H and O–H groups in total. The van der Waals surface area contributed by atoms with Crippen LogP contribution in [0.15, 0.2) is 42.5 Å². The molecule has 6 nitrogen and oxygen atoms in total. The molecule has 0 bridgehead atoms. The highest BCUT2D eigenvalue weighted by molar-refractivity contribution is 6.06. The van der Waals surface area contributed by atoms with E-state index < -0.39 is 40.2 Å². The van der Waals surface area contributed by atoms with Crippen LogP contribution in [-0.4, -0.2) is 28.3 Å². The van der Waals surface area contributed by atoms with Crippen LogP contribution >= 0.6 is 0 Å². The van der Waals surface area contributed by atoms with E-state index in [0.717, 1.165) is 0 Å². The first-order chi connectivity index (χ1) is 11.6. The average molecular weight is 347 g/mol. The quantitative estimate of drug-likeness (QED) is 0.247. The Bertz CT molecular complexity index is 646. The van der Waals surface area contributed by atoms with Gasteiger partial charge < -0.3 is 4.74 Å². The van der Waals surface area contributed by atoms with Gasteiger partial charge in [-0.3, -0.25) is 19.7 Å². The van der Waals surface area contributed by atoms with Gasteiger partial charge in [-0.25, -0.2) is 0 Å². The lowest BCUT2D eigenvalue weighted by Gasteiger charge is -2.28. The molecule has 6 heteroatoms. The molecule has 0 aliphatic heterocycles. The van der Waals surface area contributed by atoms with E-state index in [4.69, 9.17) is 4.74 Å². The molecule has 0 aliphatic carbocycles. The first-order valence-electron chi connectivity index (χ1n) is 8.16. The molecule has 1 aromatic carbocycles. The molecule has 136 valence electrons. The minimum absolute atomic E-state index is 0.474. The number of ether oxygens (including phenoxy) is 1. The van der Waals surface area contributed by atoms with Crippen molar-refractivity contribution in [2.75, 3.05) is 0 Å². The zero-order valence-electron chi connectivity index (χ0n) is 15.3. The smallest absolute Gasteiger partial charge is 0.318 e. The van der Waals surface area contributed by atoms with E-state index in [2.05, 4.69) is 0 Å². The van der Waals surface area contributed by atoms with Gasteiger partial charge in [0.2, 0.25) is 6.04 Å². The minimum Gasteiger partial charge on any atom is -0.459 e. The second-order valence-corrected chi connectivity index (χ2v) is 6.88. The third-order valence-corrected chi connectivity index (χ3v) is 3.69. The van der Waals surface area contributed by atoms with E-state index >= 15 is 0 Å². The van der Waals surface area contributed by atoms with Gasteiger partial charge in [0.25, 0.3) is 0 Å². The Morgan fingerprint density at radius 2 is 1.76 bits per heavy atom. The predicted molar refractivity (Wildman–Crippen MR) is 94.8 cm³/mol. The predicted octanol–water partition coefficient (Wildman–Crippen LogP) is 3.54. The zero-order chi connectivity index (χ0) is 19.2. The van der Waals surface area contributed by atoms with Crippen molar-refractivity contribution in [1.82, 2.24) is 0 Å². The highest BCUT2D eigenvalue weighted by Gasteiger charge is 2.44. The molecule has 0 saturated carbocycles. The molecule has 1 aromatic rings. The number of esters is 1. The maximum atomic E-state index is 12.7. The van der Waals surface area contributed by atoms with Crippen molar-refractivity contribution in [3.05, 3.63) is 58.2 Å². The number of hydrogen-bond acceptors (Lipinski definition) is 5. The van der Waals surface area contributed by atoms with Gasteiger partial charge in [-0.1, -0.05) is 36.4 Å². The number of hydrogen-bond donors (Lipinski definition) is 0. The Morgan fingerprint density at radius 1 is 1.20 bits per heavy atom. The van der Waals surface area contributed by atoms with Gasteiger partial charge in [0.15, 0.2) is 5.78 Å². The highest BCUT2D eigenvalue weighted by Crippen LogP contribution is 2.33. The molecule has 25 heavy (non-hydrogen) atoms. The Labute approximate surface area is 148 Å². The standard InChI is InChI=1S/C19H25NO5/c1-6-10-15(21)17(18(22)25-19(3,4)5)16(13(2)20(23)24)14-11-8-7-9-12-14/h6-13,16-17H,1-5H3/b10-6+/t13-,16-,17-/m1/s1. The maximum absolute atomic E-state index is 12.7. The normalized spacial score (nSPS) is 15.4. The summed E-state index contributed by atoms with van der Waals surface area (Å²) >= 11 is 0. The van der Waals surface area contributed by atoms with Gasteiger partial charge in [-0.2, -0.15) is 0 Å². The Kier molecular flexibility index (Phi) is 7.03. The van der Waals surface area contributed by atoms with Gasteiger partial charge in [0.05, 0.1) is 5.92 Å². The number of nitro groups is 1. The molecule has 0 amide bonds. The van der Waals surface area contributed by atoms with Crippen molar-refractivity contribution in [3.63, 3.8) is 0 Å². The maximum Gasteiger partial charge on any atom is 0.318 e. The minimum atomic E-state index is -1.28. The molecule has 3 atom stereocenters. The van der Waals surface area contributed by atoms with Crippen LogP contribution in [0.3, 0.4) is 0 Å². The molecular formula is C19H25NO5. The van der Waals surface area contributed by atoms with Crippen LogP contribution < -0.4 is 0 Å². The Balaban J connectivity index is 3.44. The molecule has 0 heterocycles. The summed E-state index contributed by atoms with van der Waals surface area (Å²) in [7, 11) is 0. The largest absolute Gasteiger partial charge is 0.459 e. The molecule has 0 saturated heterocycles. The van der Waals surface area contributed by atoms with Gasteiger partial charge in [0.1, 0.15) is 11.5 Å². The lowest BCUT2D eigenvalue weighted by molar-refractivity contribution is -0.523. The van der Waals surface area contributed by atoms with Gasteiger partial charge in [-0.05, 0) is 39.3 Å². The molecule has 0 unspecified atom stereocenters. The number of benzene rings is 1. The summed E-state index contributed by atoms with van der Waals surface area (Å²) in [5.74, 6) is -3.45. The second-order valence-electron chi connectivity index (χ2n) is 6.88. The highest BCUT2D eigenvalue weighted by atomic mass is 16.6. The molecule has 0 aliphatic rings. The Morgan fingerprint density at radius 3 is 2.20 bits per heavy atom. The Hall–Kier alpha value is -2.50. The number of carbonyl (C=O) groups excluding carboxylic acids is 2. The summed E-state index contributed by atoms with van der Waals surface area (Å²) in [6.07, 6.45) is 2.77. The molecule has 0 radical (unpaired) electrons. The monoisotopic (exact) mass is 347 g/mol. The lowest BCUT2D eigenvalue weighted by Crippen LogP contribution is -2.41.